The van der Waals surface area contributed by atoms with Gasteiger partial charge in [0.25, 0.3) is 5.56 Å². The van der Waals surface area contributed by atoms with Crippen molar-refractivity contribution in [2.45, 2.75) is 52.0 Å². The molecule has 18 heavy (non-hydrogen) atoms. The van der Waals surface area contributed by atoms with E-state index >= 15 is 0 Å². The van der Waals surface area contributed by atoms with Crippen LogP contribution in [0.3, 0.4) is 0 Å². The number of hydrogen-bond acceptors (Lipinski definition) is 2. The molecule has 0 aliphatic heterocycles. The summed E-state index contributed by atoms with van der Waals surface area (Å²) in [6, 6.07) is -0.0579. The van der Waals surface area contributed by atoms with Crippen LogP contribution in [0.4, 0.5) is 0 Å². The molecule has 1 aliphatic rings. The van der Waals surface area contributed by atoms with Gasteiger partial charge < -0.3 is 0 Å². The van der Waals surface area contributed by atoms with E-state index < -0.39 is 5.69 Å². The molecule has 1 aromatic rings. The molecule has 1 N–H and O–H groups in total. The summed E-state index contributed by atoms with van der Waals surface area (Å²) < 4.78 is 1.33. The molecule has 1 saturated carbocycles. The molecule has 0 bridgehead atoms. The standard InChI is InChI=1S/C13H19ClN2O2/c1-8-11(14)15-13(18)16(12(8)17)9(2)10-6-4-3-5-7-10/h9-10H,3-7H2,1-2H3,(H,15,18). The highest BCUT2D eigenvalue weighted by atomic mass is 35.5. The maximum absolute atomic E-state index is 12.2. The number of halogens is 1. The fourth-order valence-corrected chi connectivity index (χ4v) is 2.97. The molecule has 0 spiro atoms. The van der Waals surface area contributed by atoms with Crippen LogP contribution in [-0.2, 0) is 0 Å². The number of hydrogen-bond donors (Lipinski definition) is 1. The molecule has 0 aromatic carbocycles. The van der Waals surface area contributed by atoms with E-state index in [1.54, 1.807) is 6.92 Å². The molecule has 4 nitrogen and oxygen atoms in total. The first-order valence-electron chi connectivity index (χ1n) is 6.53. The third-order valence-corrected chi connectivity index (χ3v) is 4.42. The Kier molecular flexibility index (Phi) is 3.95. The van der Waals surface area contributed by atoms with Crippen molar-refractivity contribution in [1.82, 2.24) is 9.55 Å². The summed E-state index contributed by atoms with van der Waals surface area (Å²) >= 11 is 5.81. The fraction of sp³-hybridized carbons (Fsp3) is 0.692. The van der Waals surface area contributed by atoms with Crippen LogP contribution in [0.15, 0.2) is 9.59 Å². The molecule has 0 radical (unpaired) electrons. The minimum atomic E-state index is -0.395. The van der Waals surface area contributed by atoms with Gasteiger partial charge in [0, 0.05) is 11.6 Å². The van der Waals surface area contributed by atoms with Gasteiger partial charge in [-0.3, -0.25) is 14.3 Å². The lowest BCUT2D eigenvalue weighted by Gasteiger charge is -2.28. The monoisotopic (exact) mass is 270 g/mol. The van der Waals surface area contributed by atoms with Gasteiger partial charge in [-0.05, 0) is 32.6 Å². The molecule has 2 rings (SSSR count). The Morgan fingerprint density at radius 2 is 1.89 bits per heavy atom. The van der Waals surface area contributed by atoms with Crippen molar-refractivity contribution in [3.8, 4) is 0 Å². The van der Waals surface area contributed by atoms with E-state index in [4.69, 9.17) is 11.6 Å². The topological polar surface area (TPSA) is 54.9 Å². The van der Waals surface area contributed by atoms with Gasteiger partial charge in [0.05, 0.1) is 0 Å². The molecule has 0 saturated heterocycles. The van der Waals surface area contributed by atoms with E-state index in [0.717, 1.165) is 12.8 Å². The Balaban J connectivity index is 2.41. The molecule has 1 aromatic heterocycles. The highest BCUT2D eigenvalue weighted by molar-refractivity contribution is 6.30. The highest BCUT2D eigenvalue weighted by Crippen LogP contribution is 2.31. The van der Waals surface area contributed by atoms with E-state index in [-0.39, 0.29) is 16.8 Å². The lowest BCUT2D eigenvalue weighted by atomic mass is 9.84. The highest BCUT2D eigenvalue weighted by Gasteiger charge is 2.24. The number of nitrogens with zero attached hydrogens (tertiary/aromatic N) is 1. The van der Waals surface area contributed by atoms with Crippen LogP contribution in [-0.4, -0.2) is 9.55 Å². The molecule has 1 aliphatic carbocycles. The summed E-state index contributed by atoms with van der Waals surface area (Å²) in [5, 5.41) is 0.150. The van der Waals surface area contributed by atoms with Gasteiger partial charge in [-0.15, -0.1) is 0 Å². The molecule has 0 amide bonds. The summed E-state index contributed by atoms with van der Waals surface area (Å²) in [5.74, 6) is 0.415. The van der Waals surface area contributed by atoms with Crippen molar-refractivity contribution in [2.24, 2.45) is 5.92 Å². The lowest BCUT2D eigenvalue weighted by molar-refractivity contribution is 0.254. The maximum Gasteiger partial charge on any atom is 0.329 e. The first kappa shape index (κ1) is 13.4. The average Bonchev–Trinajstić information content (AvgIpc) is 2.37. The van der Waals surface area contributed by atoms with E-state index in [2.05, 4.69) is 4.98 Å². The van der Waals surface area contributed by atoms with Crippen LogP contribution >= 0.6 is 11.6 Å². The summed E-state index contributed by atoms with van der Waals surface area (Å²) in [6.07, 6.45) is 5.82. The predicted molar refractivity (Wildman–Crippen MR) is 72.4 cm³/mol. The zero-order valence-corrected chi connectivity index (χ0v) is 11.6. The molecule has 1 fully saturated rings. The number of rotatable bonds is 2. The number of nitrogens with one attached hydrogen (secondary N) is 1. The minimum Gasteiger partial charge on any atom is -0.297 e. The van der Waals surface area contributed by atoms with E-state index in [1.807, 2.05) is 6.92 Å². The second kappa shape index (κ2) is 5.31. The molecule has 1 unspecified atom stereocenters. The van der Waals surface area contributed by atoms with Gasteiger partial charge in [-0.1, -0.05) is 30.9 Å². The molecule has 1 heterocycles. The van der Waals surface area contributed by atoms with Gasteiger partial charge in [-0.2, -0.15) is 0 Å². The molecule has 1 atom stereocenters. The summed E-state index contributed by atoms with van der Waals surface area (Å²) in [7, 11) is 0. The zero-order chi connectivity index (χ0) is 13.3. The Morgan fingerprint density at radius 3 is 2.50 bits per heavy atom. The van der Waals surface area contributed by atoms with Crippen molar-refractivity contribution in [2.75, 3.05) is 0 Å². The van der Waals surface area contributed by atoms with E-state index in [9.17, 15) is 9.59 Å². The van der Waals surface area contributed by atoms with E-state index in [0.29, 0.717) is 11.5 Å². The molecular weight excluding hydrogens is 252 g/mol. The van der Waals surface area contributed by atoms with Gasteiger partial charge in [-0.25, -0.2) is 4.79 Å². The Labute approximate surface area is 111 Å². The third kappa shape index (κ3) is 2.39. The van der Waals surface area contributed by atoms with E-state index in [1.165, 1.54) is 23.8 Å². The largest absolute Gasteiger partial charge is 0.329 e. The molecular formula is C13H19ClN2O2. The van der Waals surface area contributed by atoms with Gasteiger partial charge in [0.15, 0.2) is 0 Å². The van der Waals surface area contributed by atoms with Crippen LogP contribution in [0, 0.1) is 12.8 Å². The first-order chi connectivity index (χ1) is 8.52. The van der Waals surface area contributed by atoms with Crippen molar-refractivity contribution >= 4 is 11.6 Å². The SMILES string of the molecule is Cc1c(Cl)[nH]c(=O)n(C(C)C2CCCCC2)c1=O. The van der Waals surface area contributed by atoms with Crippen molar-refractivity contribution in [3.63, 3.8) is 0 Å². The van der Waals surface area contributed by atoms with Crippen molar-refractivity contribution in [3.05, 3.63) is 31.6 Å². The predicted octanol–water partition coefficient (Wildman–Crippen LogP) is 2.64. The summed E-state index contributed by atoms with van der Waals surface area (Å²) in [4.78, 5) is 26.6. The number of aromatic amines is 1. The number of H-pyrrole nitrogens is 1. The smallest absolute Gasteiger partial charge is 0.297 e. The lowest BCUT2D eigenvalue weighted by Crippen LogP contribution is -2.41. The Hall–Kier alpha value is -1.03. The van der Waals surface area contributed by atoms with Crippen LogP contribution in [0.25, 0.3) is 0 Å². The van der Waals surface area contributed by atoms with Gasteiger partial charge >= 0.3 is 5.69 Å². The minimum absolute atomic E-state index is 0.0579. The third-order valence-electron chi connectivity index (χ3n) is 4.04. The normalized spacial score (nSPS) is 18.8. The van der Waals surface area contributed by atoms with Crippen molar-refractivity contribution in [1.29, 1.82) is 0 Å². The fourth-order valence-electron chi connectivity index (χ4n) is 2.81. The maximum atomic E-state index is 12.2. The number of aromatic nitrogens is 2. The zero-order valence-electron chi connectivity index (χ0n) is 10.8. The summed E-state index contributed by atoms with van der Waals surface area (Å²) in [5.41, 5.74) is -0.241. The van der Waals surface area contributed by atoms with Crippen LogP contribution in [0.2, 0.25) is 5.15 Å². The first-order valence-corrected chi connectivity index (χ1v) is 6.91. The van der Waals surface area contributed by atoms with Crippen molar-refractivity contribution < 1.29 is 0 Å². The Morgan fingerprint density at radius 1 is 1.28 bits per heavy atom. The van der Waals surface area contributed by atoms with Gasteiger partial charge in [0.2, 0.25) is 0 Å². The Bertz CT molecular complexity index is 541. The quantitative estimate of drug-likeness (QED) is 0.840. The van der Waals surface area contributed by atoms with Crippen LogP contribution < -0.4 is 11.2 Å². The average molecular weight is 271 g/mol. The van der Waals surface area contributed by atoms with Crippen LogP contribution in [0.5, 0.6) is 0 Å². The van der Waals surface area contributed by atoms with Crippen LogP contribution in [0.1, 0.15) is 50.6 Å². The van der Waals surface area contributed by atoms with Gasteiger partial charge in [0.1, 0.15) is 5.15 Å². The summed E-state index contributed by atoms with van der Waals surface area (Å²) in [6.45, 7) is 3.60. The molecule has 5 heteroatoms. The second-order valence-corrected chi connectivity index (χ2v) is 5.56. The second-order valence-electron chi connectivity index (χ2n) is 5.18. The molecule has 100 valence electrons.